The van der Waals surface area contributed by atoms with Gasteiger partial charge in [-0.25, -0.2) is 4.79 Å². The van der Waals surface area contributed by atoms with Gasteiger partial charge in [0.15, 0.2) is 0 Å². The molecule has 0 aliphatic heterocycles. The minimum atomic E-state index is -0.504. The third kappa shape index (κ3) is 2.62. The Bertz CT molecular complexity index is 345. The minimum Gasteiger partial charge on any atom is -0.409 e. The zero-order chi connectivity index (χ0) is 10.7. The van der Waals surface area contributed by atoms with E-state index in [1.165, 1.54) is 7.05 Å². The van der Waals surface area contributed by atoms with E-state index in [1.807, 2.05) is 6.92 Å². The Morgan fingerprint density at radius 2 is 2.21 bits per heavy atom. The Morgan fingerprint density at radius 1 is 1.57 bits per heavy atom. The molecule has 1 aromatic rings. The lowest BCUT2D eigenvalue weighted by Gasteiger charge is -2.09. The first-order chi connectivity index (χ1) is 6.54. The summed E-state index contributed by atoms with van der Waals surface area (Å²) in [5.74, 6) is 0.480. The highest BCUT2D eigenvalue weighted by molar-refractivity contribution is 9.10. The number of amides is 1. The summed E-state index contributed by atoms with van der Waals surface area (Å²) in [6.07, 6.45) is -0.504. The fraction of sp³-hybridized carbons (Fsp3) is 0.222. The normalized spacial score (nSPS) is 9.71. The summed E-state index contributed by atoms with van der Waals surface area (Å²) >= 11 is 9.07. The molecule has 0 saturated heterocycles. The molecule has 0 atom stereocenters. The summed E-state index contributed by atoms with van der Waals surface area (Å²) in [7, 11) is 1.50. The molecule has 1 N–H and O–H groups in total. The number of hydrogen-bond donors (Lipinski definition) is 1. The molecular weight excluding hydrogens is 269 g/mol. The van der Waals surface area contributed by atoms with Crippen molar-refractivity contribution in [3.63, 3.8) is 0 Å². The molecule has 0 bridgehead atoms. The van der Waals surface area contributed by atoms with Crippen LogP contribution >= 0.6 is 27.5 Å². The number of carbonyl (C=O) groups excluding carboxylic acids is 1. The van der Waals surface area contributed by atoms with Gasteiger partial charge in [-0.2, -0.15) is 0 Å². The van der Waals surface area contributed by atoms with Crippen molar-refractivity contribution in [3.05, 3.63) is 27.2 Å². The van der Waals surface area contributed by atoms with Crippen LogP contribution in [0.3, 0.4) is 0 Å². The molecule has 0 aliphatic rings. The highest BCUT2D eigenvalue weighted by Gasteiger charge is 2.10. The van der Waals surface area contributed by atoms with Crippen molar-refractivity contribution in [2.24, 2.45) is 0 Å². The molecule has 0 radical (unpaired) electrons. The fourth-order valence-electron chi connectivity index (χ4n) is 0.962. The Balaban J connectivity index is 3.02. The van der Waals surface area contributed by atoms with Crippen molar-refractivity contribution in [2.75, 3.05) is 7.05 Å². The summed E-state index contributed by atoms with van der Waals surface area (Å²) < 4.78 is 5.68. The molecule has 0 unspecified atom stereocenters. The summed E-state index contributed by atoms with van der Waals surface area (Å²) in [4.78, 5) is 11.0. The average Bonchev–Trinajstić information content (AvgIpc) is 2.10. The molecule has 14 heavy (non-hydrogen) atoms. The maximum absolute atomic E-state index is 11.0. The molecule has 0 aromatic heterocycles. The zero-order valence-electron chi connectivity index (χ0n) is 7.73. The molecule has 0 spiro atoms. The molecule has 1 amide bonds. The van der Waals surface area contributed by atoms with Gasteiger partial charge in [0, 0.05) is 12.1 Å². The van der Waals surface area contributed by atoms with Crippen LogP contribution in [0.2, 0.25) is 5.02 Å². The van der Waals surface area contributed by atoms with E-state index in [0.29, 0.717) is 15.2 Å². The lowest BCUT2D eigenvalue weighted by atomic mass is 10.2. The lowest BCUT2D eigenvalue weighted by molar-refractivity contribution is 0.202. The SMILES string of the molecule is CNC(=O)Oc1c(C)cc(Cl)cc1Br. The van der Waals surface area contributed by atoms with E-state index >= 15 is 0 Å². The van der Waals surface area contributed by atoms with Crippen molar-refractivity contribution < 1.29 is 9.53 Å². The third-order valence-corrected chi connectivity index (χ3v) is 2.40. The monoisotopic (exact) mass is 277 g/mol. The van der Waals surface area contributed by atoms with Gasteiger partial charge in [0.2, 0.25) is 0 Å². The average molecular weight is 279 g/mol. The van der Waals surface area contributed by atoms with Crippen molar-refractivity contribution in [1.29, 1.82) is 0 Å². The number of hydrogen-bond acceptors (Lipinski definition) is 2. The Labute approximate surface area is 95.5 Å². The maximum atomic E-state index is 11.0. The largest absolute Gasteiger partial charge is 0.412 e. The predicted molar refractivity (Wildman–Crippen MR) is 59.0 cm³/mol. The van der Waals surface area contributed by atoms with Crippen LogP contribution in [-0.4, -0.2) is 13.1 Å². The van der Waals surface area contributed by atoms with Gasteiger partial charge >= 0.3 is 6.09 Å². The molecule has 0 fully saturated rings. The molecule has 1 rings (SSSR count). The van der Waals surface area contributed by atoms with Crippen LogP contribution < -0.4 is 10.1 Å². The van der Waals surface area contributed by atoms with Gasteiger partial charge in [0.1, 0.15) is 5.75 Å². The smallest absolute Gasteiger partial charge is 0.409 e. The second-order valence-corrected chi connectivity index (χ2v) is 3.96. The molecule has 0 aliphatic carbocycles. The van der Waals surface area contributed by atoms with Crippen LogP contribution in [0.5, 0.6) is 5.75 Å². The molecule has 0 heterocycles. The van der Waals surface area contributed by atoms with Crippen molar-refractivity contribution in [2.45, 2.75) is 6.92 Å². The van der Waals surface area contributed by atoms with Crippen LogP contribution in [0.25, 0.3) is 0 Å². The van der Waals surface area contributed by atoms with E-state index in [9.17, 15) is 4.79 Å². The van der Waals surface area contributed by atoms with Gasteiger partial charge < -0.3 is 10.1 Å². The van der Waals surface area contributed by atoms with Crippen molar-refractivity contribution in [1.82, 2.24) is 5.32 Å². The summed E-state index contributed by atoms with van der Waals surface area (Å²) in [6, 6.07) is 3.40. The number of benzene rings is 1. The van der Waals surface area contributed by atoms with Crippen LogP contribution in [0.4, 0.5) is 4.79 Å². The summed E-state index contributed by atoms with van der Waals surface area (Å²) in [5.41, 5.74) is 0.799. The van der Waals surface area contributed by atoms with Gasteiger partial charge in [0.05, 0.1) is 4.47 Å². The number of nitrogens with one attached hydrogen (secondary N) is 1. The van der Waals surface area contributed by atoms with Crippen molar-refractivity contribution >= 4 is 33.6 Å². The van der Waals surface area contributed by atoms with E-state index < -0.39 is 6.09 Å². The van der Waals surface area contributed by atoms with Crippen LogP contribution in [0.15, 0.2) is 16.6 Å². The first kappa shape index (κ1) is 11.3. The van der Waals surface area contributed by atoms with Crippen LogP contribution in [0.1, 0.15) is 5.56 Å². The number of ether oxygens (including phenoxy) is 1. The zero-order valence-corrected chi connectivity index (χ0v) is 10.1. The summed E-state index contributed by atoms with van der Waals surface area (Å²) in [5, 5.41) is 2.96. The van der Waals surface area contributed by atoms with E-state index in [2.05, 4.69) is 21.2 Å². The molecule has 0 saturated carbocycles. The standard InChI is InChI=1S/C9H9BrClNO2/c1-5-3-6(11)4-7(10)8(5)14-9(13)12-2/h3-4H,1-2H3,(H,12,13). The van der Waals surface area contributed by atoms with Gasteiger partial charge in [-0.15, -0.1) is 0 Å². The minimum absolute atomic E-state index is 0.480. The van der Waals surface area contributed by atoms with Crippen LogP contribution in [-0.2, 0) is 0 Å². The lowest BCUT2D eigenvalue weighted by Crippen LogP contribution is -2.22. The van der Waals surface area contributed by atoms with Crippen molar-refractivity contribution in [3.8, 4) is 5.75 Å². The van der Waals surface area contributed by atoms with E-state index in [-0.39, 0.29) is 0 Å². The number of carbonyl (C=O) groups is 1. The van der Waals surface area contributed by atoms with Crippen LogP contribution in [0, 0.1) is 6.92 Å². The second kappa shape index (κ2) is 4.66. The summed E-state index contributed by atoms with van der Waals surface area (Å²) in [6.45, 7) is 1.81. The number of halogens is 2. The second-order valence-electron chi connectivity index (χ2n) is 2.67. The van der Waals surface area contributed by atoms with E-state index in [1.54, 1.807) is 12.1 Å². The van der Waals surface area contributed by atoms with E-state index in [4.69, 9.17) is 16.3 Å². The Hall–Kier alpha value is -0.740. The highest BCUT2D eigenvalue weighted by atomic mass is 79.9. The third-order valence-electron chi connectivity index (χ3n) is 1.59. The Morgan fingerprint density at radius 3 is 2.71 bits per heavy atom. The molecule has 76 valence electrons. The number of aryl methyl sites for hydroxylation is 1. The molecule has 1 aromatic carbocycles. The van der Waals surface area contributed by atoms with Gasteiger partial charge in [0.25, 0.3) is 0 Å². The number of rotatable bonds is 1. The van der Waals surface area contributed by atoms with Gasteiger partial charge in [-0.1, -0.05) is 11.6 Å². The first-order valence-electron chi connectivity index (χ1n) is 3.90. The van der Waals surface area contributed by atoms with E-state index in [0.717, 1.165) is 5.56 Å². The van der Waals surface area contributed by atoms with Gasteiger partial charge in [-0.3, -0.25) is 0 Å². The molecule has 3 nitrogen and oxygen atoms in total. The molecular formula is C9H9BrClNO2. The topological polar surface area (TPSA) is 38.3 Å². The molecule has 5 heteroatoms. The first-order valence-corrected chi connectivity index (χ1v) is 5.07. The highest BCUT2D eigenvalue weighted by Crippen LogP contribution is 2.32. The fourth-order valence-corrected chi connectivity index (χ4v) is 2.01. The maximum Gasteiger partial charge on any atom is 0.412 e. The van der Waals surface area contributed by atoms with Gasteiger partial charge in [-0.05, 0) is 40.5 Å². The quantitative estimate of drug-likeness (QED) is 0.857. The predicted octanol–water partition coefficient (Wildman–Crippen LogP) is 3.13. The Kier molecular flexibility index (Phi) is 3.77.